The minimum atomic E-state index is -2.46. The van der Waals surface area contributed by atoms with Gasteiger partial charge < -0.3 is 20.3 Å². The molecule has 1 aliphatic rings. The number of likely N-dealkylation sites (tertiary alicyclic amines) is 1. The number of rotatable bonds is 15. The number of carboxylic acid groups (broad SMARTS) is 1. The maximum atomic E-state index is 13.4. The number of primary amides is 1. The van der Waals surface area contributed by atoms with Crippen molar-refractivity contribution < 1.29 is 37.3 Å². The maximum absolute atomic E-state index is 13.4. The number of aryl methyl sites for hydroxylation is 2. The molecule has 1 unspecified atom stereocenters. The Morgan fingerprint density at radius 2 is 1.56 bits per heavy atom. The van der Waals surface area contributed by atoms with Crippen LogP contribution in [0.1, 0.15) is 133 Å². The van der Waals surface area contributed by atoms with Crippen LogP contribution in [0.3, 0.4) is 0 Å². The van der Waals surface area contributed by atoms with Crippen molar-refractivity contribution in [1.29, 1.82) is 0 Å². The summed E-state index contributed by atoms with van der Waals surface area (Å²) in [5, 5.41) is 11.3. The Morgan fingerprint density at radius 3 is 2.03 bits per heavy atom. The van der Waals surface area contributed by atoms with Gasteiger partial charge in [-0.15, -0.1) is 0 Å². The van der Waals surface area contributed by atoms with Crippen LogP contribution in [0.2, 0.25) is 0 Å². The number of unbranched alkanes of at least 4 members (excludes halogenated alkanes) is 1. The molecule has 10 heteroatoms. The van der Waals surface area contributed by atoms with Crippen molar-refractivity contribution in [3.8, 4) is 22.6 Å². The van der Waals surface area contributed by atoms with E-state index in [-0.39, 0.29) is 18.4 Å². The number of benzene rings is 4. The van der Waals surface area contributed by atoms with Crippen LogP contribution in [0.15, 0.2) is 79.4 Å². The molecule has 1 heterocycles. The lowest BCUT2D eigenvalue weighted by Crippen LogP contribution is -2.36. The molecule has 4 aromatic rings. The molecule has 1 atom stereocenters. The number of allylic oxidation sites excluding steroid dienone is 3. The number of piperidine rings is 1. The normalized spacial score (nSPS) is 14.0. The molecular weight excluding hydrogens is 802 g/mol. The first kappa shape index (κ1) is 54.0. The summed E-state index contributed by atoms with van der Waals surface area (Å²) in [5.74, 6) is -2.23. The number of halogens is 3. The van der Waals surface area contributed by atoms with Crippen molar-refractivity contribution in [2.75, 3.05) is 27.3 Å². The molecule has 0 radical (unpaired) electrons. The first-order chi connectivity index (χ1) is 29.6. The second-order valence-corrected chi connectivity index (χ2v) is 17.3. The summed E-state index contributed by atoms with van der Waals surface area (Å²) < 4.78 is 48.1. The molecule has 4 aromatic carbocycles. The van der Waals surface area contributed by atoms with Crippen LogP contribution in [-0.4, -0.2) is 55.1 Å². The molecule has 0 saturated carbocycles. The van der Waals surface area contributed by atoms with Gasteiger partial charge in [0.05, 0.1) is 25.3 Å². The molecule has 5 rings (SSSR count). The fraction of sp³-hybridized carbons (Fsp3) is 0.472. The van der Waals surface area contributed by atoms with E-state index in [4.69, 9.17) is 20.3 Å². The van der Waals surface area contributed by atoms with E-state index in [1.165, 1.54) is 50.7 Å². The van der Waals surface area contributed by atoms with Gasteiger partial charge in [-0.3, -0.25) is 14.5 Å². The molecule has 7 nitrogen and oxygen atoms in total. The van der Waals surface area contributed by atoms with Gasteiger partial charge in [-0.1, -0.05) is 121 Å². The van der Waals surface area contributed by atoms with Crippen molar-refractivity contribution in [2.45, 2.75) is 126 Å². The van der Waals surface area contributed by atoms with Crippen molar-refractivity contribution >= 4 is 28.2 Å². The van der Waals surface area contributed by atoms with Gasteiger partial charge in [0.15, 0.2) is 0 Å². The quantitative estimate of drug-likeness (QED) is 0.115. The summed E-state index contributed by atoms with van der Waals surface area (Å²) in [7, 11) is 3.41. The standard InChI is InChI=1S/C29H35NO4.C11H12FNO.C9H18.C4H8F2/c1-29(2)13-15-30(16-14-29)19-20-17-25(33-3)28(26(18-20)34-4)24-10-6-8-22-21(11-12-27(31)32)7-5-9-23(22)24;1-6(2)8-4-7(3)10(11(13)14)9(12)5-8;1-4-6-7-8-9(3)5-2;1-3-4(2,5)6/h5-10,17-18H,11-16,19H2,1-4H3,(H,31,32);4-5H,1H2,2-3H3,(H2,13,14);7-9H,4-6H2,1-3H3;3H2,1-2H3/b;;8-7-;. The average molecular weight is 875 g/mol. The predicted octanol–water partition coefficient (Wildman–Crippen LogP) is 13.9. The number of carbonyl (C=O) groups is 2. The number of hydrogen-bond donors (Lipinski definition) is 2. The number of ether oxygens (including phenoxy) is 2. The largest absolute Gasteiger partial charge is 0.496 e. The highest BCUT2D eigenvalue weighted by Crippen LogP contribution is 2.43. The van der Waals surface area contributed by atoms with E-state index in [0.717, 1.165) is 77.0 Å². The van der Waals surface area contributed by atoms with Gasteiger partial charge in [0.1, 0.15) is 17.3 Å². The highest BCUT2D eigenvalue weighted by molar-refractivity contribution is 6.01. The molecule has 346 valence electrons. The number of aliphatic carboxylic acids is 1. The highest BCUT2D eigenvalue weighted by Gasteiger charge is 2.26. The highest BCUT2D eigenvalue weighted by atomic mass is 19.3. The lowest BCUT2D eigenvalue weighted by molar-refractivity contribution is -0.136. The maximum Gasteiger partial charge on any atom is 0.303 e. The van der Waals surface area contributed by atoms with Crippen LogP contribution < -0.4 is 15.2 Å². The summed E-state index contributed by atoms with van der Waals surface area (Å²) in [6.45, 7) is 24.0. The molecule has 0 spiro atoms. The van der Waals surface area contributed by atoms with E-state index in [0.29, 0.717) is 23.0 Å². The number of carboxylic acids is 1. The smallest absolute Gasteiger partial charge is 0.303 e. The molecule has 1 amide bonds. The number of methoxy groups -OCH3 is 2. The molecule has 3 N–H and O–H groups in total. The number of nitrogens with zero attached hydrogens (tertiary/aromatic N) is 1. The zero-order valence-electron chi connectivity index (χ0n) is 39.7. The van der Waals surface area contributed by atoms with Gasteiger partial charge in [-0.25, -0.2) is 13.2 Å². The lowest BCUT2D eigenvalue weighted by atomic mass is 9.82. The summed E-state index contributed by atoms with van der Waals surface area (Å²) in [6.07, 6.45) is 11.3. The minimum absolute atomic E-state index is 0.0463. The van der Waals surface area contributed by atoms with Crippen LogP contribution in [0, 0.1) is 24.1 Å². The number of alkyl halides is 2. The third kappa shape index (κ3) is 17.9. The monoisotopic (exact) mass is 875 g/mol. The topological polar surface area (TPSA) is 102 Å². The van der Waals surface area contributed by atoms with E-state index in [1.54, 1.807) is 34.1 Å². The van der Waals surface area contributed by atoms with Gasteiger partial charge >= 0.3 is 5.97 Å². The SMILES string of the molecule is C=C(C)c1cc(C)c(C(N)=O)c(F)c1.CCC(C)(F)F.CCC/C=C\C(C)CC.COc1cc(CN2CCC(C)(C)CC2)cc(OC)c1-c1cccc2c(CCC(=O)O)cccc12. The van der Waals surface area contributed by atoms with E-state index < -0.39 is 23.6 Å². The summed E-state index contributed by atoms with van der Waals surface area (Å²) in [4.78, 5) is 24.5. The Balaban J connectivity index is 0.000000383. The van der Waals surface area contributed by atoms with Crippen LogP contribution in [0.4, 0.5) is 13.2 Å². The minimum Gasteiger partial charge on any atom is -0.496 e. The predicted molar refractivity (Wildman–Crippen MR) is 256 cm³/mol. The van der Waals surface area contributed by atoms with Crippen molar-refractivity contribution in [2.24, 2.45) is 17.1 Å². The average Bonchev–Trinajstić information content (AvgIpc) is 3.23. The zero-order valence-corrected chi connectivity index (χ0v) is 39.7. The Morgan fingerprint density at radius 1 is 0.984 bits per heavy atom. The van der Waals surface area contributed by atoms with Crippen LogP contribution in [-0.2, 0) is 17.8 Å². The fourth-order valence-corrected chi connectivity index (χ4v) is 6.88. The van der Waals surface area contributed by atoms with Gasteiger partial charge in [-0.2, -0.15) is 0 Å². The number of fused-ring (bicyclic) bond motifs is 1. The lowest BCUT2D eigenvalue weighted by Gasteiger charge is -2.37. The summed E-state index contributed by atoms with van der Waals surface area (Å²) in [5.41, 5.74) is 11.6. The molecule has 1 saturated heterocycles. The second kappa shape index (κ2) is 25.9. The number of amides is 1. The van der Waals surface area contributed by atoms with Gasteiger partial charge in [0, 0.05) is 19.4 Å². The molecule has 0 bridgehead atoms. The molecule has 0 aliphatic carbocycles. The molecule has 0 aromatic heterocycles. The van der Waals surface area contributed by atoms with Gasteiger partial charge in [-0.05, 0) is 128 Å². The summed E-state index contributed by atoms with van der Waals surface area (Å²) >= 11 is 0. The number of carbonyl (C=O) groups excluding carboxylic acids is 1. The van der Waals surface area contributed by atoms with Crippen LogP contribution >= 0.6 is 0 Å². The van der Waals surface area contributed by atoms with Crippen LogP contribution in [0.5, 0.6) is 11.5 Å². The first-order valence-corrected chi connectivity index (χ1v) is 22.1. The van der Waals surface area contributed by atoms with E-state index in [2.05, 4.69) is 88.6 Å². The molecule has 1 aliphatic heterocycles. The third-order valence-electron chi connectivity index (χ3n) is 11.3. The Labute approximate surface area is 375 Å². The van der Waals surface area contributed by atoms with Crippen molar-refractivity contribution in [1.82, 2.24) is 4.90 Å². The molecule has 63 heavy (non-hydrogen) atoms. The zero-order chi connectivity index (χ0) is 47.5. The van der Waals surface area contributed by atoms with E-state index in [1.807, 2.05) is 18.2 Å². The van der Waals surface area contributed by atoms with Crippen molar-refractivity contribution in [3.05, 3.63) is 113 Å². The number of nitrogens with two attached hydrogens (primary N) is 1. The Kier molecular flexibility index (Phi) is 22.2. The Hall–Kier alpha value is -5.09. The number of hydrogen-bond acceptors (Lipinski definition) is 5. The fourth-order valence-electron chi connectivity index (χ4n) is 6.88. The third-order valence-corrected chi connectivity index (χ3v) is 11.3. The second-order valence-electron chi connectivity index (χ2n) is 17.3. The van der Waals surface area contributed by atoms with E-state index in [9.17, 15) is 22.8 Å². The summed E-state index contributed by atoms with van der Waals surface area (Å²) in [6, 6.07) is 19.5. The van der Waals surface area contributed by atoms with Crippen LogP contribution in [0.25, 0.3) is 27.5 Å². The van der Waals surface area contributed by atoms with Gasteiger partial charge in [0.25, 0.3) is 5.91 Å². The van der Waals surface area contributed by atoms with E-state index >= 15 is 0 Å². The first-order valence-electron chi connectivity index (χ1n) is 22.1. The van der Waals surface area contributed by atoms with Crippen molar-refractivity contribution in [3.63, 3.8) is 0 Å². The van der Waals surface area contributed by atoms with Gasteiger partial charge in [0.2, 0.25) is 5.92 Å². The molecule has 1 fully saturated rings. The molecular formula is C53H73F3N2O5. The Bertz CT molecular complexity index is 2080.